The number of benzene rings is 3. The zero-order chi connectivity index (χ0) is 14.9. The van der Waals surface area contributed by atoms with Gasteiger partial charge in [-0.05, 0) is 70.7 Å². The molecule has 1 heteroatoms. The zero-order valence-corrected chi connectivity index (χ0v) is 12.8. The molecule has 0 aliphatic heterocycles. The van der Waals surface area contributed by atoms with E-state index in [1.54, 1.807) is 0 Å². The van der Waals surface area contributed by atoms with Gasteiger partial charge in [-0.3, -0.25) is 0 Å². The highest BCUT2D eigenvalue weighted by Crippen LogP contribution is 2.40. The van der Waals surface area contributed by atoms with Crippen LogP contribution in [0, 0.1) is 6.61 Å². The number of fused-ring (bicyclic) bond motifs is 5. The molecule has 0 aromatic heterocycles. The average molecular weight is 289 g/mol. The van der Waals surface area contributed by atoms with Gasteiger partial charge >= 0.3 is 0 Å². The molecule has 4 rings (SSSR count). The van der Waals surface area contributed by atoms with Crippen LogP contribution < -0.4 is 0 Å². The first-order valence-corrected chi connectivity index (χ1v) is 8.27. The molecule has 0 fully saturated rings. The maximum atomic E-state index is 9.01. The maximum Gasteiger partial charge on any atom is 0.0799 e. The van der Waals surface area contributed by atoms with Gasteiger partial charge < -0.3 is 5.11 Å². The predicted molar refractivity (Wildman–Crippen MR) is 92.6 cm³/mol. The molecular formula is C21H21O. The summed E-state index contributed by atoms with van der Waals surface area (Å²) >= 11 is 0. The maximum absolute atomic E-state index is 9.01. The molecule has 22 heavy (non-hydrogen) atoms. The lowest BCUT2D eigenvalue weighted by Crippen LogP contribution is -2.10. The van der Waals surface area contributed by atoms with Gasteiger partial charge in [0.15, 0.2) is 0 Å². The molecule has 0 heterocycles. The van der Waals surface area contributed by atoms with Crippen molar-refractivity contribution in [2.45, 2.75) is 38.0 Å². The van der Waals surface area contributed by atoms with E-state index in [4.69, 9.17) is 5.11 Å². The summed E-state index contributed by atoms with van der Waals surface area (Å²) in [5.41, 5.74) is 3.05. The van der Waals surface area contributed by atoms with Gasteiger partial charge in [-0.1, -0.05) is 48.5 Å². The highest BCUT2D eigenvalue weighted by atomic mass is 16.2. The molecular weight excluding hydrogens is 268 g/mol. The highest BCUT2D eigenvalue weighted by Gasteiger charge is 2.21. The van der Waals surface area contributed by atoms with Crippen LogP contribution in [0.5, 0.6) is 0 Å². The van der Waals surface area contributed by atoms with Crippen LogP contribution in [0.3, 0.4) is 0 Å². The van der Waals surface area contributed by atoms with Gasteiger partial charge in [0.1, 0.15) is 0 Å². The summed E-state index contributed by atoms with van der Waals surface area (Å²) in [7, 11) is 0. The van der Waals surface area contributed by atoms with E-state index < -0.39 is 0 Å². The average Bonchev–Trinajstić information content (AvgIpc) is 2.59. The lowest BCUT2D eigenvalue weighted by molar-refractivity contribution is 0.358. The quantitative estimate of drug-likeness (QED) is 0.611. The molecule has 0 saturated carbocycles. The normalized spacial score (nSPS) is 17.8. The molecule has 1 aliphatic carbocycles. The summed E-state index contributed by atoms with van der Waals surface area (Å²) in [6.07, 6.45) is 5.54. The summed E-state index contributed by atoms with van der Waals surface area (Å²) in [6.45, 7) is 1.31. The number of aliphatic hydroxyl groups is 1. The van der Waals surface area contributed by atoms with Crippen molar-refractivity contribution in [3.05, 3.63) is 66.3 Å². The van der Waals surface area contributed by atoms with Crippen molar-refractivity contribution < 1.29 is 5.11 Å². The first kappa shape index (κ1) is 13.8. The van der Waals surface area contributed by atoms with Crippen LogP contribution in [0.1, 0.15) is 42.7 Å². The molecule has 0 saturated heterocycles. The van der Waals surface area contributed by atoms with Crippen molar-refractivity contribution in [1.29, 1.82) is 0 Å². The summed E-state index contributed by atoms with van der Waals surface area (Å²) in [5.74, 6) is 0.600. The standard InChI is InChI=1S/C21H21O/c22-14-4-7-15-6-3-9-19-18(15)12-13-20-17-8-2-1-5-16(17)10-11-21(19)20/h1-2,5,8,10-15,22H,3-4,6-7,9H2. The van der Waals surface area contributed by atoms with Gasteiger partial charge in [-0.15, -0.1) is 0 Å². The fourth-order valence-electron chi connectivity index (χ4n) is 4.09. The molecule has 0 spiro atoms. The van der Waals surface area contributed by atoms with Crippen LogP contribution in [0.4, 0.5) is 0 Å². The van der Waals surface area contributed by atoms with E-state index in [0.29, 0.717) is 5.92 Å². The lowest BCUT2D eigenvalue weighted by Gasteiger charge is -2.27. The van der Waals surface area contributed by atoms with Crippen LogP contribution in [0.15, 0.2) is 48.5 Å². The molecule has 1 nitrogen and oxygen atoms in total. The Kier molecular flexibility index (Phi) is 3.59. The first-order chi connectivity index (χ1) is 10.9. The molecule has 3 aromatic rings. The van der Waals surface area contributed by atoms with Crippen LogP contribution in [0.2, 0.25) is 0 Å². The summed E-state index contributed by atoms with van der Waals surface area (Å²) < 4.78 is 0. The van der Waals surface area contributed by atoms with Crippen molar-refractivity contribution in [3.8, 4) is 0 Å². The van der Waals surface area contributed by atoms with Crippen LogP contribution in [-0.2, 0) is 6.42 Å². The molecule has 111 valence electrons. The Balaban J connectivity index is 1.90. The molecule has 1 aliphatic rings. The Labute approximate surface area is 131 Å². The van der Waals surface area contributed by atoms with Gasteiger partial charge in [0, 0.05) is 0 Å². The molecule has 0 amide bonds. The Morgan fingerprint density at radius 3 is 2.73 bits per heavy atom. The fourth-order valence-corrected chi connectivity index (χ4v) is 4.09. The van der Waals surface area contributed by atoms with Crippen molar-refractivity contribution in [1.82, 2.24) is 0 Å². The minimum atomic E-state index is 0.600. The van der Waals surface area contributed by atoms with E-state index in [0.717, 1.165) is 12.8 Å². The van der Waals surface area contributed by atoms with Gasteiger partial charge in [0.05, 0.1) is 6.61 Å². The van der Waals surface area contributed by atoms with E-state index in [9.17, 15) is 0 Å². The SMILES string of the molecule is O[CH]CCC1CCCc2c1ccc1c2ccc2ccccc21. The fraction of sp³-hybridized carbons (Fsp3) is 0.286. The largest absolute Gasteiger partial charge is 0.390 e. The second-order valence-corrected chi connectivity index (χ2v) is 6.36. The zero-order valence-electron chi connectivity index (χ0n) is 12.8. The second-order valence-electron chi connectivity index (χ2n) is 6.36. The molecule has 1 unspecified atom stereocenters. The number of hydrogen-bond donors (Lipinski definition) is 1. The third-order valence-electron chi connectivity index (χ3n) is 5.14. The van der Waals surface area contributed by atoms with Crippen molar-refractivity contribution in [3.63, 3.8) is 0 Å². The highest BCUT2D eigenvalue weighted by molar-refractivity contribution is 6.08. The predicted octanol–water partition coefficient (Wildman–Crippen LogP) is 5.73. The number of aryl methyl sites for hydroxylation is 1. The van der Waals surface area contributed by atoms with Crippen LogP contribution in [-0.4, -0.2) is 5.11 Å². The minimum Gasteiger partial charge on any atom is -0.390 e. The van der Waals surface area contributed by atoms with E-state index in [-0.39, 0.29) is 0 Å². The van der Waals surface area contributed by atoms with Gasteiger partial charge in [-0.2, -0.15) is 0 Å². The molecule has 1 atom stereocenters. The number of aliphatic hydroxyl groups excluding tert-OH is 1. The summed E-state index contributed by atoms with van der Waals surface area (Å²) in [5, 5.41) is 14.5. The summed E-state index contributed by atoms with van der Waals surface area (Å²) in [4.78, 5) is 0. The molecule has 1 radical (unpaired) electrons. The molecule has 3 aromatic carbocycles. The first-order valence-electron chi connectivity index (χ1n) is 8.27. The van der Waals surface area contributed by atoms with Crippen LogP contribution in [0.25, 0.3) is 21.5 Å². The van der Waals surface area contributed by atoms with Crippen molar-refractivity contribution >= 4 is 21.5 Å². The van der Waals surface area contributed by atoms with Crippen molar-refractivity contribution in [2.75, 3.05) is 0 Å². The van der Waals surface area contributed by atoms with Crippen LogP contribution >= 0.6 is 0 Å². The molecule has 0 bridgehead atoms. The van der Waals surface area contributed by atoms with Gasteiger partial charge in [0.2, 0.25) is 0 Å². The Morgan fingerprint density at radius 1 is 0.955 bits per heavy atom. The minimum absolute atomic E-state index is 0.600. The number of hydrogen-bond acceptors (Lipinski definition) is 1. The third-order valence-corrected chi connectivity index (χ3v) is 5.14. The topological polar surface area (TPSA) is 20.2 Å². The van der Waals surface area contributed by atoms with Gasteiger partial charge in [-0.25, -0.2) is 0 Å². The molecule has 1 N–H and O–H groups in total. The Morgan fingerprint density at radius 2 is 1.82 bits per heavy atom. The Bertz CT molecular complexity index is 819. The monoisotopic (exact) mass is 289 g/mol. The third kappa shape index (κ3) is 2.21. The van der Waals surface area contributed by atoms with Gasteiger partial charge in [0.25, 0.3) is 0 Å². The number of rotatable bonds is 3. The summed E-state index contributed by atoms with van der Waals surface area (Å²) in [6, 6.07) is 17.8. The lowest BCUT2D eigenvalue weighted by atomic mass is 9.78. The Hall–Kier alpha value is -1.86. The van der Waals surface area contributed by atoms with E-state index in [1.165, 1.54) is 58.5 Å². The smallest absolute Gasteiger partial charge is 0.0799 e. The van der Waals surface area contributed by atoms with E-state index in [1.807, 2.05) is 0 Å². The second kappa shape index (κ2) is 5.73. The van der Waals surface area contributed by atoms with Crippen molar-refractivity contribution in [2.24, 2.45) is 0 Å². The van der Waals surface area contributed by atoms with E-state index >= 15 is 0 Å². The van der Waals surface area contributed by atoms with E-state index in [2.05, 4.69) is 48.5 Å².